The number of fused-ring (bicyclic) bond motifs is 1. The molecule has 1 heterocycles. The van der Waals surface area contributed by atoms with Gasteiger partial charge in [0.25, 0.3) is 0 Å². The fourth-order valence-corrected chi connectivity index (χ4v) is 4.27. The Labute approximate surface area is 209 Å². The van der Waals surface area contributed by atoms with Gasteiger partial charge in [-0.05, 0) is 68.3 Å². The van der Waals surface area contributed by atoms with Gasteiger partial charge < -0.3 is 14.6 Å². The van der Waals surface area contributed by atoms with Crippen LogP contribution >= 0.6 is 11.8 Å². The number of aliphatic hydroxyl groups excluding tert-OH is 1. The van der Waals surface area contributed by atoms with Crippen molar-refractivity contribution in [2.75, 3.05) is 12.9 Å². The fraction of sp³-hybridized carbons (Fsp3) is 0.345. The van der Waals surface area contributed by atoms with Gasteiger partial charge in [0.2, 0.25) is 0 Å². The molecular formula is C29H37NO3S. The van der Waals surface area contributed by atoms with Crippen LogP contribution in [0.2, 0.25) is 0 Å². The van der Waals surface area contributed by atoms with E-state index in [2.05, 4.69) is 36.8 Å². The lowest BCUT2D eigenvalue weighted by atomic mass is 9.95. The predicted octanol–water partition coefficient (Wildman–Crippen LogP) is 7.07. The lowest BCUT2D eigenvalue weighted by Gasteiger charge is -2.31. The van der Waals surface area contributed by atoms with Crippen molar-refractivity contribution in [3.8, 4) is 11.5 Å². The Balaban J connectivity index is 0.000000266. The Bertz CT molecular complexity index is 1020. The van der Waals surface area contributed by atoms with Gasteiger partial charge in [0, 0.05) is 23.3 Å². The number of nitrogens with zero attached hydrogens (tertiary/aromatic N) is 1. The molecule has 1 aliphatic heterocycles. The molecular weight excluding hydrogens is 442 g/mol. The molecule has 1 N–H and O–H groups in total. The number of rotatable bonds is 6. The molecule has 4 rings (SSSR count). The van der Waals surface area contributed by atoms with E-state index in [1.165, 1.54) is 16.0 Å². The minimum atomic E-state index is -0.491. The molecule has 0 aromatic heterocycles. The molecule has 0 bridgehead atoms. The summed E-state index contributed by atoms with van der Waals surface area (Å²) >= 11 is 1.70. The zero-order valence-corrected chi connectivity index (χ0v) is 21.8. The van der Waals surface area contributed by atoms with Gasteiger partial charge in [-0.2, -0.15) is 0 Å². The average Bonchev–Trinajstić information content (AvgIpc) is 2.87. The smallest absolute Gasteiger partial charge is 0.129 e. The van der Waals surface area contributed by atoms with Crippen molar-refractivity contribution in [1.82, 2.24) is 0 Å². The van der Waals surface area contributed by atoms with Crippen LogP contribution in [0.5, 0.6) is 11.5 Å². The zero-order chi connectivity index (χ0) is 24.9. The molecule has 34 heavy (non-hydrogen) atoms. The summed E-state index contributed by atoms with van der Waals surface area (Å²) in [6.07, 6.45) is 2.68. The highest BCUT2D eigenvalue weighted by atomic mass is 32.2. The molecule has 0 aliphatic carbocycles. The van der Waals surface area contributed by atoms with Crippen LogP contribution < -0.4 is 9.47 Å². The number of ether oxygens (including phenoxy) is 2. The number of hydrogen-bond donors (Lipinski definition) is 1. The molecule has 0 amide bonds. The summed E-state index contributed by atoms with van der Waals surface area (Å²) in [4.78, 5) is 5.11. The number of thioether (sulfide) groups is 1. The van der Waals surface area contributed by atoms with E-state index in [0.717, 1.165) is 22.7 Å². The molecule has 4 nitrogen and oxygen atoms in total. The number of benzene rings is 3. The largest absolute Gasteiger partial charge is 0.494 e. The third-order valence-electron chi connectivity index (χ3n) is 5.26. The average molecular weight is 480 g/mol. The molecule has 3 aromatic carbocycles. The summed E-state index contributed by atoms with van der Waals surface area (Å²) in [5.41, 5.74) is 4.43. The second-order valence-electron chi connectivity index (χ2n) is 7.65. The second kappa shape index (κ2) is 14.5. The normalized spacial score (nSPS) is 15.9. The maximum atomic E-state index is 10.3. The molecule has 3 aromatic rings. The van der Waals surface area contributed by atoms with E-state index < -0.39 is 6.10 Å². The van der Waals surface area contributed by atoms with E-state index in [-0.39, 0.29) is 6.10 Å². The van der Waals surface area contributed by atoms with Gasteiger partial charge in [-0.15, -0.1) is 11.8 Å². The van der Waals surface area contributed by atoms with Gasteiger partial charge in [-0.1, -0.05) is 50.2 Å². The topological polar surface area (TPSA) is 51.0 Å². The van der Waals surface area contributed by atoms with Crippen LogP contribution in [0.3, 0.4) is 0 Å². The van der Waals surface area contributed by atoms with Gasteiger partial charge in [0.15, 0.2) is 0 Å². The minimum Gasteiger partial charge on any atom is -0.494 e. The third kappa shape index (κ3) is 7.93. The number of aliphatic imine (C=N–C) groups is 1. The third-order valence-corrected chi connectivity index (χ3v) is 6.03. The first-order valence-corrected chi connectivity index (χ1v) is 13.0. The van der Waals surface area contributed by atoms with E-state index in [9.17, 15) is 5.11 Å². The molecule has 0 spiro atoms. The van der Waals surface area contributed by atoms with Crippen molar-refractivity contribution < 1.29 is 14.6 Å². The van der Waals surface area contributed by atoms with Crippen LogP contribution in [0.25, 0.3) is 0 Å². The summed E-state index contributed by atoms with van der Waals surface area (Å²) in [5, 5.41) is 10.3. The summed E-state index contributed by atoms with van der Waals surface area (Å²) < 4.78 is 11.5. The Hall–Kier alpha value is -2.76. The van der Waals surface area contributed by atoms with Crippen LogP contribution in [0, 0.1) is 6.92 Å². The second-order valence-corrected chi connectivity index (χ2v) is 8.50. The maximum absolute atomic E-state index is 10.3. The van der Waals surface area contributed by atoms with Crippen LogP contribution in [-0.2, 0) is 12.8 Å². The lowest BCUT2D eigenvalue weighted by Crippen LogP contribution is -2.39. The van der Waals surface area contributed by atoms with E-state index in [0.29, 0.717) is 19.4 Å². The van der Waals surface area contributed by atoms with E-state index in [1.54, 1.807) is 11.8 Å². The van der Waals surface area contributed by atoms with Gasteiger partial charge >= 0.3 is 0 Å². The molecule has 5 heteroatoms. The molecule has 0 saturated heterocycles. The number of aliphatic hydroxyl groups is 1. The van der Waals surface area contributed by atoms with Crippen molar-refractivity contribution in [3.05, 3.63) is 83.4 Å². The van der Waals surface area contributed by atoms with Gasteiger partial charge in [0.05, 0.1) is 18.4 Å². The summed E-state index contributed by atoms with van der Waals surface area (Å²) in [6, 6.07) is 22.1. The Kier molecular flexibility index (Phi) is 11.7. The minimum absolute atomic E-state index is 0.196. The fourth-order valence-electron chi connectivity index (χ4n) is 3.62. The van der Waals surface area contributed by atoms with E-state index in [1.807, 2.05) is 75.6 Å². The molecule has 2 unspecified atom stereocenters. The van der Waals surface area contributed by atoms with Crippen LogP contribution in [0.1, 0.15) is 37.5 Å². The summed E-state index contributed by atoms with van der Waals surface area (Å²) in [6.45, 7) is 12.2. The predicted molar refractivity (Wildman–Crippen MR) is 145 cm³/mol. The van der Waals surface area contributed by atoms with Crippen molar-refractivity contribution in [2.24, 2.45) is 4.99 Å². The monoisotopic (exact) mass is 479 g/mol. The summed E-state index contributed by atoms with van der Waals surface area (Å²) in [5.74, 6) is 1.68. The van der Waals surface area contributed by atoms with Crippen molar-refractivity contribution in [1.29, 1.82) is 0 Å². The van der Waals surface area contributed by atoms with Crippen LogP contribution in [-0.4, -0.2) is 36.9 Å². The molecule has 0 saturated carbocycles. The Morgan fingerprint density at radius 1 is 1.09 bits per heavy atom. The zero-order valence-electron chi connectivity index (χ0n) is 21.0. The standard InChI is InChI=1S/C18H20O3.C9H11NS.C2H6/c1-2-20-15-8-9-17-14(11-15)12-16(19)18(21-17)10-13-6-4-3-5-7-13;1-7-4-5-8(10-2)9(6-7)11-3;1-2/h3-9,11,16,18-19H,2,10,12H2,1H3;4-6H,2H2,1,3H3;1-2H3. The quantitative estimate of drug-likeness (QED) is 0.303. The SMILES string of the molecule is C=Nc1ccc(C)cc1SC.CC.CCOc1ccc2c(c1)CC(O)C(Cc1ccccc1)O2. The highest BCUT2D eigenvalue weighted by Crippen LogP contribution is 2.32. The molecule has 0 radical (unpaired) electrons. The number of hydrogen-bond acceptors (Lipinski definition) is 5. The first-order valence-electron chi connectivity index (χ1n) is 11.8. The number of aryl methyl sites for hydroxylation is 1. The van der Waals surface area contributed by atoms with Crippen molar-refractivity contribution >= 4 is 24.2 Å². The maximum Gasteiger partial charge on any atom is 0.129 e. The summed E-state index contributed by atoms with van der Waals surface area (Å²) in [7, 11) is 0. The lowest BCUT2D eigenvalue weighted by molar-refractivity contribution is 0.0222. The van der Waals surface area contributed by atoms with Gasteiger partial charge in [0.1, 0.15) is 17.6 Å². The molecule has 2 atom stereocenters. The highest BCUT2D eigenvalue weighted by molar-refractivity contribution is 7.98. The van der Waals surface area contributed by atoms with Crippen LogP contribution in [0.15, 0.2) is 76.6 Å². The van der Waals surface area contributed by atoms with Gasteiger partial charge in [-0.25, -0.2) is 0 Å². The van der Waals surface area contributed by atoms with Crippen molar-refractivity contribution in [3.63, 3.8) is 0 Å². The first-order chi connectivity index (χ1) is 16.5. The van der Waals surface area contributed by atoms with Crippen molar-refractivity contribution in [2.45, 2.75) is 57.6 Å². The van der Waals surface area contributed by atoms with E-state index in [4.69, 9.17) is 9.47 Å². The van der Waals surface area contributed by atoms with Crippen LogP contribution in [0.4, 0.5) is 5.69 Å². The molecule has 0 fully saturated rings. The Morgan fingerprint density at radius 2 is 1.82 bits per heavy atom. The van der Waals surface area contributed by atoms with Gasteiger partial charge in [-0.3, -0.25) is 4.99 Å². The molecule has 182 valence electrons. The first kappa shape index (κ1) is 27.5. The Morgan fingerprint density at radius 3 is 2.47 bits per heavy atom. The molecule has 1 aliphatic rings. The highest BCUT2D eigenvalue weighted by Gasteiger charge is 2.28. The van der Waals surface area contributed by atoms with E-state index >= 15 is 0 Å².